The van der Waals surface area contributed by atoms with Crippen molar-refractivity contribution in [2.75, 3.05) is 13.6 Å². The molecule has 1 aromatic carbocycles. The van der Waals surface area contributed by atoms with Crippen LogP contribution in [0, 0.1) is 5.41 Å². The standard InChI is InChI=1S/C14H22BrNO/c1-11(17)14(2,3)10-16(4)9-12-6-5-7-13(15)8-12/h5-8,11,17H,9-10H2,1-4H3. The minimum absolute atomic E-state index is 0.0826. The number of aliphatic hydroxyl groups excluding tert-OH is 1. The second-order valence-electron chi connectivity index (χ2n) is 5.47. The number of halogens is 1. The number of hydrogen-bond donors (Lipinski definition) is 1. The van der Waals surface area contributed by atoms with Crippen molar-refractivity contribution in [3.63, 3.8) is 0 Å². The monoisotopic (exact) mass is 299 g/mol. The van der Waals surface area contributed by atoms with E-state index < -0.39 is 0 Å². The van der Waals surface area contributed by atoms with Gasteiger partial charge in [-0.3, -0.25) is 0 Å². The minimum atomic E-state index is -0.299. The third kappa shape index (κ3) is 4.78. The van der Waals surface area contributed by atoms with Gasteiger partial charge in [-0.05, 0) is 31.7 Å². The Hall–Kier alpha value is -0.380. The molecule has 0 saturated carbocycles. The van der Waals surface area contributed by atoms with E-state index in [1.807, 2.05) is 19.1 Å². The van der Waals surface area contributed by atoms with Crippen LogP contribution in [0.1, 0.15) is 26.3 Å². The van der Waals surface area contributed by atoms with Gasteiger partial charge in [0.25, 0.3) is 0 Å². The van der Waals surface area contributed by atoms with E-state index in [1.165, 1.54) is 5.56 Å². The summed E-state index contributed by atoms with van der Waals surface area (Å²) in [6, 6.07) is 8.33. The highest BCUT2D eigenvalue weighted by molar-refractivity contribution is 9.10. The number of rotatable bonds is 5. The first kappa shape index (κ1) is 14.7. The van der Waals surface area contributed by atoms with Crippen molar-refractivity contribution < 1.29 is 5.11 Å². The first-order valence-electron chi connectivity index (χ1n) is 5.92. The Balaban J connectivity index is 2.58. The minimum Gasteiger partial charge on any atom is -0.393 e. The molecule has 96 valence electrons. The number of hydrogen-bond acceptors (Lipinski definition) is 2. The van der Waals surface area contributed by atoms with Crippen molar-refractivity contribution in [1.29, 1.82) is 0 Å². The van der Waals surface area contributed by atoms with Crippen molar-refractivity contribution >= 4 is 15.9 Å². The summed E-state index contributed by atoms with van der Waals surface area (Å²) < 4.78 is 1.11. The maximum Gasteiger partial charge on any atom is 0.0575 e. The molecule has 0 aromatic heterocycles. The molecule has 17 heavy (non-hydrogen) atoms. The summed E-state index contributed by atoms with van der Waals surface area (Å²) in [5.41, 5.74) is 1.20. The van der Waals surface area contributed by atoms with E-state index in [0.29, 0.717) is 0 Å². The lowest BCUT2D eigenvalue weighted by Gasteiger charge is -2.32. The van der Waals surface area contributed by atoms with E-state index >= 15 is 0 Å². The molecule has 3 heteroatoms. The molecule has 1 unspecified atom stereocenters. The molecule has 2 nitrogen and oxygen atoms in total. The average Bonchev–Trinajstić information content (AvgIpc) is 2.15. The van der Waals surface area contributed by atoms with Crippen molar-refractivity contribution in [2.24, 2.45) is 5.41 Å². The fraction of sp³-hybridized carbons (Fsp3) is 0.571. The van der Waals surface area contributed by atoms with Crippen LogP contribution in [0.15, 0.2) is 28.7 Å². The van der Waals surface area contributed by atoms with Crippen LogP contribution in [0.5, 0.6) is 0 Å². The van der Waals surface area contributed by atoms with Crippen LogP contribution in [0.4, 0.5) is 0 Å². The predicted octanol–water partition coefficient (Wildman–Crippen LogP) is 3.29. The quantitative estimate of drug-likeness (QED) is 0.902. The van der Waals surface area contributed by atoms with Gasteiger partial charge < -0.3 is 10.0 Å². The normalized spacial score (nSPS) is 14.1. The van der Waals surface area contributed by atoms with E-state index in [2.05, 4.69) is 53.9 Å². The van der Waals surface area contributed by atoms with Gasteiger partial charge in [-0.25, -0.2) is 0 Å². The lowest BCUT2D eigenvalue weighted by Crippen LogP contribution is -2.38. The maximum atomic E-state index is 9.71. The zero-order valence-electron chi connectivity index (χ0n) is 11.1. The number of nitrogens with zero attached hydrogens (tertiary/aromatic N) is 1. The smallest absolute Gasteiger partial charge is 0.0575 e. The van der Waals surface area contributed by atoms with Crippen LogP contribution >= 0.6 is 15.9 Å². The highest BCUT2D eigenvalue weighted by Gasteiger charge is 2.25. The van der Waals surface area contributed by atoms with Gasteiger partial charge in [-0.15, -0.1) is 0 Å². The van der Waals surface area contributed by atoms with Crippen molar-refractivity contribution in [3.8, 4) is 0 Å². The van der Waals surface area contributed by atoms with E-state index in [1.54, 1.807) is 0 Å². The second kappa shape index (κ2) is 5.98. The molecule has 0 aliphatic rings. The van der Waals surface area contributed by atoms with Crippen LogP contribution < -0.4 is 0 Å². The zero-order chi connectivity index (χ0) is 13.1. The first-order chi connectivity index (χ1) is 7.81. The Morgan fingerprint density at radius 3 is 2.59 bits per heavy atom. The van der Waals surface area contributed by atoms with E-state index in [9.17, 15) is 5.11 Å². The summed E-state index contributed by atoms with van der Waals surface area (Å²) in [5.74, 6) is 0. The highest BCUT2D eigenvalue weighted by atomic mass is 79.9. The molecular weight excluding hydrogens is 278 g/mol. The molecule has 1 rings (SSSR count). The predicted molar refractivity (Wildman–Crippen MR) is 75.9 cm³/mol. The average molecular weight is 300 g/mol. The third-order valence-electron chi connectivity index (χ3n) is 3.15. The van der Waals surface area contributed by atoms with Gasteiger partial charge in [-0.2, -0.15) is 0 Å². The summed E-state index contributed by atoms with van der Waals surface area (Å²) in [7, 11) is 2.09. The molecule has 0 radical (unpaired) electrons. The van der Waals surface area contributed by atoms with Gasteiger partial charge in [-0.1, -0.05) is 41.9 Å². The Morgan fingerprint density at radius 1 is 1.41 bits per heavy atom. The van der Waals surface area contributed by atoms with Crippen LogP contribution in [-0.4, -0.2) is 29.7 Å². The SMILES string of the molecule is CC(O)C(C)(C)CN(C)Cc1cccc(Br)c1. The van der Waals surface area contributed by atoms with Crippen molar-refractivity contribution in [3.05, 3.63) is 34.3 Å². The van der Waals surface area contributed by atoms with Gasteiger partial charge in [0.2, 0.25) is 0 Å². The van der Waals surface area contributed by atoms with Crippen LogP contribution in [0.2, 0.25) is 0 Å². The Kier molecular flexibility index (Phi) is 5.17. The topological polar surface area (TPSA) is 23.5 Å². The summed E-state index contributed by atoms with van der Waals surface area (Å²) in [5, 5.41) is 9.71. The van der Waals surface area contributed by atoms with E-state index in [4.69, 9.17) is 0 Å². The third-order valence-corrected chi connectivity index (χ3v) is 3.64. The first-order valence-corrected chi connectivity index (χ1v) is 6.71. The van der Waals surface area contributed by atoms with Gasteiger partial charge in [0.05, 0.1) is 6.10 Å². The molecule has 0 aliphatic heterocycles. The second-order valence-corrected chi connectivity index (χ2v) is 6.38. The molecule has 0 aliphatic carbocycles. The van der Waals surface area contributed by atoms with Gasteiger partial charge in [0.1, 0.15) is 0 Å². The lowest BCUT2D eigenvalue weighted by atomic mass is 9.87. The molecule has 0 spiro atoms. The van der Waals surface area contributed by atoms with Gasteiger partial charge >= 0.3 is 0 Å². The fourth-order valence-electron chi connectivity index (χ4n) is 1.83. The van der Waals surface area contributed by atoms with Gasteiger partial charge in [0.15, 0.2) is 0 Å². The summed E-state index contributed by atoms with van der Waals surface area (Å²) in [4.78, 5) is 2.24. The Bertz CT molecular complexity index is 363. The van der Waals surface area contributed by atoms with E-state index in [0.717, 1.165) is 17.6 Å². The Morgan fingerprint density at radius 2 is 2.06 bits per heavy atom. The van der Waals surface area contributed by atoms with Crippen molar-refractivity contribution in [2.45, 2.75) is 33.4 Å². The molecule has 0 bridgehead atoms. The van der Waals surface area contributed by atoms with Crippen LogP contribution in [0.3, 0.4) is 0 Å². The van der Waals surface area contributed by atoms with Crippen LogP contribution in [0.25, 0.3) is 0 Å². The summed E-state index contributed by atoms with van der Waals surface area (Å²) in [6.07, 6.45) is -0.299. The lowest BCUT2D eigenvalue weighted by molar-refractivity contribution is 0.0392. The molecule has 0 heterocycles. The molecule has 0 fully saturated rings. The molecule has 1 aromatic rings. The molecular formula is C14H22BrNO. The molecule has 1 N–H and O–H groups in total. The molecule has 0 saturated heterocycles. The molecule has 1 atom stereocenters. The zero-order valence-corrected chi connectivity index (χ0v) is 12.7. The molecule has 0 amide bonds. The maximum absolute atomic E-state index is 9.71. The number of benzene rings is 1. The number of aliphatic hydroxyl groups is 1. The van der Waals surface area contributed by atoms with E-state index in [-0.39, 0.29) is 11.5 Å². The van der Waals surface area contributed by atoms with Crippen LogP contribution in [-0.2, 0) is 6.54 Å². The largest absolute Gasteiger partial charge is 0.393 e. The summed E-state index contributed by atoms with van der Waals surface area (Å²) in [6.45, 7) is 7.81. The van der Waals surface area contributed by atoms with Gasteiger partial charge in [0, 0.05) is 23.0 Å². The highest BCUT2D eigenvalue weighted by Crippen LogP contribution is 2.22. The fourth-order valence-corrected chi connectivity index (χ4v) is 2.28. The summed E-state index contributed by atoms with van der Waals surface area (Å²) >= 11 is 3.48. The Labute approximate surface area is 113 Å². The van der Waals surface area contributed by atoms with Crippen molar-refractivity contribution in [1.82, 2.24) is 4.90 Å².